The van der Waals surface area contributed by atoms with Crippen molar-refractivity contribution in [3.8, 4) is 0 Å². The maximum Gasteiger partial charge on any atom is 0.244 e. The molecule has 134 valence electrons. The van der Waals surface area contributed by atoms with Gasteiger partial charge in [-0.2, -0.15) is 0 Å². The van der Waals surface area contributed by atoms with Crippen LogP contribution in [0.4, 0.5) is 0 Å². The lowest BCUT2D eigenvalue weighted by Crippen LogP contribution is -2.24. The summed E-state index contributed by atoms with van der Waals surface area (Å²) in [5, 5.41) is 11.4. The van der Waals surface area contributed by atoms with Crippen molar-refractivity contribution in [1.82, 2.24) is 25.1 Å². The van der Waals surface area contributed by atoms with Crippen molar-refractivity contribution in [1.29, 1.82) is 0 Å². The Hall–Kier alpha value is -2.96. The number of rotatable bonds is 5. The van der Waals surface area contributed by atoms with Gasteiger partial charge in [-0.3, -0.25) is 4.79 Å². The molecule has 0 radical (unpaired) electrons. The number of benzene rings is 1. The van der Waals surface area contributed by atoms with Gasteiger partial charge in [0.25, 0.3) is 0 Å². The summed E-state index contributed by atoms with van der Waals surface area (Å²) >= 11 is 0. The molecule has 3 heterocycles. The average Bonchev–Trinajstić information content (AvgIpc) is 3.16. The summed E-state index contributed by atoms with van der Waals surface area (Å²) in [7, 11) is 0. The Bertz CT molecular complexity index is 907. The molecule has 0 saturated carbocycles. The molecule has 0 aliphatic carbocycles. The first-order valence-corrected chi connectivity index (χ1v) is 9.02. The van der Waals surface area contributed by atoms with Crippen LogP contribution >= 0.6 is 0 Å². The first kappa shape index (κ1) is 16.5. The van der Waals surface area contributed by atoms with Gasteiger partial charge in [0.15, 0.2) is 5.58 Å². The molecule has 1 aromatic carbocycles. The Labute approximate surface area is 151 Å². The molecule has 4 rings (SSSR count). The van der Waals surface area contributed by atoms with Crippen molar-refractivity contribution >= 4 is 23.1 Å². The van der Waals surface area contributed by atoms with Gasteiger partial charge in [-0.15, -0.1) is 10.2 Å². The maximum absolute atomic E-state index is 12.0. The summed E-state index contributed by atoms with van der Waals surface area (Å²) in [5.74, 6) is 2.26. The lowest BCUT2D eigenvalue weighted by atomic mass is 10.2. The van der Waals surface area contributed by atoms with E-state index in [9.17, 15) is 4.79 Å². The van der Waals surface area contributed by atoms with Crippen LogP contribution in [0.15, 0.2) is 34.8 Å². The average molecular weight is 351 g/mol. The maximum atomic E-state index is 12.0. The Kier molecular flexibility index (Phi) is 4.77. The van der Waals surface area contributed by atoms with Crippen LogP contribution in [0.1, 0.15) is 36.8 Å². The highest BCUT2D eigenvalue weighted by Crippen LogP contribution is 2.16. The molecule has 0 spiro atoms. The molecular formula is C19H21N5O2. The number of oxazole rings is 1. The number of amides is 1. The van der Waals surface area contributed by atoms with Crippen molar-refractivity contribution in [3.05, 3.63) is 47.9 Å². The van der Waals surface area contributed by atoms with E-state index in [2.05, 4.69) is 25.1 Å². The number of nitrogens with zero attached hydrogens (tertiary/aromatic N) is 4. The zero-order valence-electron chi connectivity index (χ0n) is 14.5. The van der Waals surface area contributed by atoms with E-state index in [0.29, 0.717) is 24.4 Å². The lowest BCUT2D eigenvalue weighted by molar-refractivity contribution is -0.116. The second kappa shape index (κ2) is 7.51. The summed E-state index contributed by atoms with van der Waals surface area (Å²) in [6.45, 7) is 1.50. The molecule has 1 aliphatic rings. The number of carbonyl (C=O) groups excluding carboxylic acids is 1. The molecule has 7 heteroatoms. The van der Waals surface area contributed by atoms with Crippen LogP contribution in [0.25, 0.3) is 17.2 Å². The van der Waals surface area contributed by atoms with Crippen LogP contribution in [0.5, 0.6) is 0 Å². The van der Waals surface area contributed by atoms with Gasteiger partial charge in [0.1, 0.15) is 17.2 Å². The third kappa shape index (κ3) is 3.66. The Morgan fingerprint density at radius 1 is 1.23 bits per heavy atom. The summed E-state index contributed by atoms with van der Waals surface area (Å²) in [6, 6.07) is 7.51. The van der Waals surface area contributed by atoms with Crippen molar-refractivity contribution in [2.24, 2.45) is 0 Å². The van der Waals surface area contributed by atoms with Crippen LogP contribution in [0.3, 0.4) is 0 Å². The number of aryl methyl sites for hydroxylation is 1. The molecule has 1 N–H and O–H groups in total. The minimum atomic E-state index is -0.178. The highest BCUT2D eigenvalue weighted by Gasteiger charge is 2.14. The number of carbonyl (C=O) groups is 1. The molecule has 0 atom stereocenters. The molecule has 1 aliphatic heterocycles. The monoisotopic (exact) mass is 351 g/mol. The molecular weight excluding hydrogens is 330 g/mol. The first-order chi connectivity index (χ1) is 12.8. The second-order valence-electron chi connectivity index (χ2n) is 6.39. The van der Waals surface area contributed by atoms with Gasteiger partial charge in [0, 0.05) is 38.1 Å². The van der Waals surface area contributed by atoms with Gasteiger partial charge >= 0.3 is 0 Å². The fourth-order valence-electron chi connectivity index (χ4n) is 3.19. The Balaban J connectivity index is 1.31. The van der Waals surface area contributed by atoms with Crippen molar-refractivity contribution in [3.63, 3.8) is 0 Å². The Morgan fingerprint density at radius 2 is 2.15 bits per heavy atom. The standard InChI is InChI=1S/C19H21N5O2/c25-18(9-10-19-21-14-6-3-4-7-15(14)26-19)20-12-11-17-23-22-16-8-2-1-5-13-24(16)17/h3-4,6-7,9-10H,1-2,5,8,11-13H2,(H,20,25)/b10-9+. The van der Waals surface area contributed by atoms with E-state index >= 15 is 0 Å². The predicted molar refractivity (Wildman–Crippen MR) is 97.3 cm³/mol. The fourth-order valence-corrected chi connectivity index (χ4v) is 3.19. The van der Waals surface area contributed by atoms with E-state index in [0.717, 1.165) is 36.6 Å². The quantitative estimate of drug-likeness (QED) is 0.714. The molecule has 2 aromatic heterocycles. The lowest BCUT2D eigenvalue weighted by Gasteiger charge is -2.07. The van der Waals surface area contributed by atoms with Crippen LogP contribution in [0.2, 0.25) is 0 Å². The van der Waals surface area contributed by atoms with E-state index in [1.54, 1.807) is 6.08 Å². The van der Waals surface area contributed by atoms with Gasteiger partial charge in [-0.05, 0) is 25.0 Å². The van der Waals surface area contributed by atoms with Gasteiger partial charge in [0.2, 0.25) is 11.8 Å². The van der Waals surface area contributed by atoms with Gasteiger partial charge in [-0.25, -0.2) is 4.98 Å². The van der Waals surface area contributed by atoms with E-state index in [4.69, 9.17) is 4.42 Å². The van der Waals surface area contributed by atoms with Crippen LogP contribution in [-0.2, 0) is 24.2 Å². The minimum absolute atomic E-state index is 0.178. The van der Waals surface area contributed by atoms with E-state index < -0.39 is 0 Å². The molecule has 3 aromatic rings. The topological polar surface area (TPSA) is 85.8 Å². The zero-order valence-corrected chi connectivity index (χ0v) is 14.5. The van der Waals surface area contributed by atoms with Gasteiger partial charge in [0.05, 0.1) is 0 Å². The molecule has 1 amide bonds. The molecule has 0 fully saturated rings. The third-order valence-electron chi connectivity index (χ3n) is 4.52. The van der Waals surface area contributed by atoms with Crippen molar-refractivity contribution in [2.45, 2.75) is 38.6 Å². The van der Waals surface area contributed by atoms with Crippen LogP contribution in [0, 0.1) is 0 Å². The van der Waals surface area contributed by atoms with Crippen molar-refractivity contribution in [2.75, 3.05) is 6.54 Å². The van der Waals surface area contributed by atoms with Gasteiger partial charge in [-0.1, -0.05) is 18.6 Å². The summed E-state index contributed by atoms with van der Waals surface area (Å²) in [5.41, 5.74) is 1.49. The summed E-state index contributed by atoms with van der Waals surface area (Å²) in [6.07, 6.45) is 8.27. The predicted octanol–water partition coefficient (Wildman–Crippen LogP) is 2.52. The smallest absolute Gasteiger partial charge is 0.244 e. The highest BCUT2D eigenvalue weighted by molar-refractivity contribution is 5.91. The number of para-hydroxylation sites is 2. The molecule has 7 nitrogen and oxygen atoms in total. The molecule has 26 heavy (non-hydrogen) atoms. The van der Waals surface area contributed by atoms with Crippen LogP contribution in [-0.4, -0.2) is 32.2 Å². The highest BCUT2D eigenvalue weighted by atomic mass is 16.3. The number of aromatic nitrogens is 4. The Morgan fingerprint density at radius 3 is 3.08 bits per heavy atom. The van der Waals surface area contributed by atoms with Gasteiger partial charge < -0.3 is 14.3 Å². The number of nitrogens with one attached hydrogen (secondary N) is 1. The van der Waals surface area contributed by atoms with E-state index in [-0.39, 0.29) is 5.91 Å². The number of hydrogen-bond acceptors (Lipinski definition) is 5. The number of fused-ring (bicyclic) bond motifs is 2. The van der Waals surface area contributed by atoms with Crippen LogP contribution < -0.4 is 5.32 Å². The van der Waals surface area contributed by atoms with E-state index in [1.807, 2.05) is 24.3 Å². The fraction of sp³-hybridized carbons (Fsp3) is 0.368. The first-order valence-electron chi connectivity index (χ1n) is 9.02. The molecule has 0 bridgehead atoms. The zero-order chi connectivity index (χ0) is 17.8. The minimum Gasteiger partial charge on any atom is -0.437 e. The number of hydrogen-bond donors (Lipinski definition) is 1. The largest absolute Gasteiger partial charge is 0.437 e. The molecule has 0 unspecified atom stereocenters. The normalized spacial score (nSPS) is 14.5. The summed E-state index contributed by atoms with van der Waals surface area (Å²) < 4.78 is 7.76. The second-order valence-corrected chi connectivity index (χ2v) is 6.39. The van der Waals surface area contributed by atoms with Crippen molar-refractivity contribution < 1.29 is 9.21 Å². The molecule has 0 saturated heterocycles. The SMILES string of the molecule is O=C(/C=C/c1nc2ccccc2o1)NCCc1nnc2n1CCCCC2. The summed E-state index contributed by atoms with van der Waals surface area (Å²) in [4.78, 5) is 16.3. The third-order valence-corrected chi connectivity index (χ3v) is 4.52. The van der Waals surface area contributed by atoms with E-state index in [1.165, 1.54) is 18.9 Å².